The fraction of sp³-hybridized carbons (Fsp3) is 0.269. The van der Waals surface area contributed by atoms with Gasteiger partial charge in [0.2, 0.25) is 11.9 Å². The van der Waals surface area contributed by atoms with E-state index in [1.165, 1.54) is 13.2 Å². The van der Waals surface area contributed by atoms with Gasteiger partial charge in [0.05, 0.1) is 12.8 Å². The molecule has 38 heavy (non-hydrogen) atoms. The lowest BCUT2D eigenvalue weighted by atomic mass is 10.1. The first-order chi connectivity index (χ1) is 18.2. The van der Waals surface area contributed by atoms with Crippen LogP contribution in [0, 0.1) is 0 Å². The zero-order chi connectivity index (χ0) is 27.1. The molecule has 0 spiro atoms. The summed E-state index contributed by atoms with van der Waals surface area (Å²) >= 11 is 0. The van der Waals surface area contributed by atoms with Gasteiger partial charge in [-0.25, -0.2) is 4.98 Å². The molecule has 1 fully saturated rings. The number of hydrogen-bond donors (Lipinski definition) is 5. The maximum Gasteiger partial charge on any atom is 0.421 e. The van der Waals surface area contributed by atoms with E-state index in [0.717, 1.165) is 37.7 Å². The molecule has 3 aromatic rings. The van der Waals surface area contributed by atoms with E-state index in [2.05, 4.69) is 43.1 Å². The molecular weight excluding hydrogens is 499 g/mol. The maximum atomic E-state index is 13.7. The molecule has 1 saturated heterocycles. The molecule has 1 aliphatic rings. The first-order valence-corrected chi connectivity index (χ1v) is 11.9. The van der Waals surface area contributed by atoms with Crippen LogP contribution < -0.4 is 31.3 Å². The average molecular weight is 528 g/mol. The van der Waals surface area contributed by atoms with Gasteiger partial charge in [-0.15, -0.1) is 0 Å². The third-order valence-corrected chi connectivity index (χ3v) is 5.83. The van der Waals surface area contributed by atoms with E-state index in [0.29, 0.717) is 29.4 Å². The number of nitrogens with one attached hydrogen (secondary N) is 5. The number of nitrogens with zero attached hydrogens (tertiary/aromatic N) is 2. The van der Waals surface area contributed by atoms with Crippen LogP contribution in [-0.2, 0) is 11.0 Å². The number of alkyl halides is 3. The van der Waals surface area contributed by atoms with E-state index in [1.54, 1.807) is 24.3 Å². The monoisotopic (exact) mass is 527 g/mol. The van der Waals surface area contributed by atoms with Crippen LogP contribution in [0.2, 0.25) is 0 Å². The number of piperidine rings is 1. The van der Waals surface area contributed by atoms with Gasteiger partial charge < -0.3 is 31.3 Å². The molecule has 0 saturated carbocycles. The number of halogens is 3. The Bertz CT molecular complexity index is 1290. The van der Waals surface area contributed by atoms with Crippen LogP contribution >= 0.6 is 0 Å². The minimum Gasteiger partial charge on any atom is -0.494 e. The zero-order valence-corrected chi connectivity index (χ0v) is 20.7. The van der Waals surface area contributed by atoms with Crippen molar-refractivity contribution in [1.29, 1.82) is 0 Å². The summed E-state index contributed by atoms with van der Waals surface area (Å²) < 4.78 is 46.7. The van der Waals surface area contributed by atoms with Crippen LogP contribution in [0.1, 0.15) is 18.4 Å². The highest BCUT2D eigenvalue weighted by molar-refractivity contribution is 5.99. The number of aromatic nitrogens is 2. The molecule has 2 heterocycles. The van der Waals surface area contributed by atoms with Crippen molar-refractivity contribution in [2.24, 2.45) is 0 Å². The number of benzene rings is 2. The van der Waals surface area contributed by atoms with Crippen LogP contribution in [0.3, 0.4) is 0 Å². The van der Waals surface area contributed by atoms with Gasteiger partial charge in [-0.1, -0.05) is 12.6 Å². The number of hydrogen-bond acceptors (Lipinski definition) is 8. The fourth-order valence-electron chi connectivity index (χ4n) is 3.96. The van der Waals surface area contributed by atoms with Gasteiger partial charge in [-0.2, -0.15) is 18.2 Å². The Morgan fingerprint density at radius 2 is 1.87 bits per heavy atom. The van der Waals surface area contributed by atoms with Crippen molar-refractivity contribution in [2.45, 2.75) is 25.1 Å². The highest BCUT2D eigenvalue weighted by Gasteiger charge is 2.35. The third kappa shape index (κ3) is 6.91. The summed E-state index contributed by atoms with van der Waals surface area (Å²) in [4.78, 5) is 19.6. The number of amides is 1. The third-order valence-electron chi connectivity index (χ3n) is 5.83. The molecule has 0 bridgehead atoms. The fourth-order valence-corrected chi connectivity index (χ4v) is 3.96. The molecule has 5 N–H and O–H groups in total. The van der Waals surface area contributed by atoms with Crippen LogP contribution in [0.25, 0.3) is 0 Å². The Labute approximate surface area is 217 Å². The Hall–Kier alpha value is -4.32. The summed E-state index contributed by atoms with van der Waals surface area (Å²) in [6, 6.07) is 12.0. The molecule has 0 aliphatic carbocycles. The lowest BCUT2D eigenvalue weighted by molar-refractivity contribution is -0.137. The lowest BCUT2D eigenvalue weighted by Crippen LogP contribution is -2.35. The van der Waals surface area contributed by atoms with Gasteiger partial charge >= 0.3 is 6.18 Å². The molecule has 0 atom stereocenters. The van der Waals surface area contributed by atoms with Gasteiger partial charge in [-0.05, 0) is 62.3 Å². The predicted molar refractivity (Wildman–Crippen MR) is 141 cm³/mol. The van der Waals surface area contributed by atoms with E-state index >= 15 is 0 Å². The highest BCUT2D eigenvalue weighted by Crippen LogP contribution is 2.36. The van der Waals surface area contributed by atoms with Gasteiger partial charge in [0, 0.05) is 35.4 Å². The molecule has 12 heteroatoms. The summed E-state index contributed by atoms with van der Waals surface area (Å²) in [6.07, 6.45) is -0.897. The van der Waals surface area contributed by atoms with Crippen molar-refractivity contribution in [3.8, 4) is 5.75 Å². The molecule has 0 radical (unpaired) electrons. The van der Waals surface area contributed by atoms with Crippen molar-refractivity contribution in [3.63, 3.8) is 0 Å². The minimum absolute atomic E-state index is 0.0611. The summed E-state index contributed by atoms with van der Waals surface area (Å²) in [7, 11) is 1.51. The predicted octanol–water partition coefficient (Wildman–Crippen LogP) is 5.28. The number of ether oxygens (including phenoxy) is 1. The normalized spacial score (nSPS) is 13.9. The van der Waals surface area contributed by atoms with Crippen LogP contribution in [0.15, 0.2) is 61.3 Å². The standard InChI is InChI=1S/C26H28F3N7O2/c1-3-23(37)33-17-5-4-6-18(13-17)34-24-20(26(27,28)29)15-31-25(36-24)35-21-8-7-19(14-22(21)38-2)32-16-9-11-30-12-10-16/h3-8,13-16,30,32H,1,9-12H2,2H3,(H,33,37)(H2,31,34,35,36). The van der Waals surface area contributed by atoms with Gasteiger partial charge in [-0.3, -0.25) is 4.79 Å². The Morgan fingerprint density at radius 1 is 1.11 bits per heavy atom. The van der Waals surface area contributed by atoms with Crippen LogP contribution in [-0.4, -0.2) is 42.1 Å². The number of carbonyl (C=O) groups is 1. The Kier molecular flexibility index (Phi) is 8.31. The largest absolute Gasteiger partial charge is 0.494 e. The SMILES string of the molecule is C=CC(=O)Nc1cccc(Nc2nc(Nc3ccc(NC4CCNCC4)cc3OC)ncc2C(F)(F)F)c1. The topological polar surface area (TPSA) is 112 Å². The second-order valence-electron chi connectivity index (χ2n) is 8.56. The van der Waals surface area contributed by atoms with E-state index < -0.39 is 23.5 Å². The maximum absolute atomic E-state index is 13.7. The molecule has 1 aromatic heterocycles. The summed E-state index contributed by atoms with van der Waals surface area (Å²) in [5, 5.41) is 15.0. The Morgan fingerprint density at radius 3 is 2.58 bits per heavy atom. The summed E-state index contributed by atoms with van der Waals surface area (Å²) in [5.41, 5.74) is 0.982. The van der Waals surface area contributed by atoms with E-state index in [1.807, 2.05) is 12.1 Å². The molecule has 1 amide bonds. The first kappa shape index (κ1) is 26.7. The molecular formula is C26H28F3N7O2. The summed E-state index contributed by atoms with van der Waals surface area (Å²) in [6.45, 7) is 5.28. The average Bonchev–Trinajstić information content (AvgIpc) is 2.89. The van der Waals surface area contributed by atoms with E-state index in [-0.39, 0.29) is 11.6 Å². The van der Waals surface area contributed by atoms with Gasteiger partial charge in [0.15, 0.2) is 0 Å². The quantitative estimate of drug-likeness (QED) is 0.239. The molecule has 0 unspecified atom stereocenters. The highest BCUT2D eigenvalue weighted by atomic mass is 19.4. The number of methoxy groups -OCH3 is 1. The van der Waals surface area contributed by atoms with Crippen molar-refractivity contribution in [1.82, 2.24) is 15.3 Å². The molecule has 1 aliphatic heterocycles. The number of anilines is 6. The number of rotatable bonds is 9. The van der Waals surface area contributed by atoms with E-state index in [9.17, 15) is 18.0 Å². The molecule has 9 nitrogen and oxygen atoms in total. The van der Waals surface area contributed by atoms with Crippen LogP contribution in [0.5, 0.6) is 5.75 Å². The smallest absolute Gasteiger partial charge is 0.421 e. The van der Waals surface area contributed by atoms with Crippen LogP contribution in [0.4, 0.5) is 47.7 Å². The Balaban J connectivity index is 1.57. The minimum atomic E-state index is -4.70. The first-order valence-electron chi connectivity index (χ1n) is 11.9. The molecule has 4 rings (SSSR count). The van der Waals surface area contributed by atoms with Crippen molar-refractivity contribution in [3.05, 3.63) is 66.9 Å². The van der Waals surface area contributed by atoms with E-state index in [4.69, 9.17) is 4.74 Å². The molecule has 200 valence electrons. The number of carbonyl (C=O) groups excluding carboxylic acids is 1. The lowest BCUT2D eigenvalue weighted by Gasteiger charge is -2.25. The van der Waals surface area contributed by atoms with Gasteiger partial charge in [0.1, 0.15) is 17.1 Å². The van der Waals surface area contributed by atoms with Crippen molar-refractivity contribution in [2.75, 3.05) is 41.5 Å². The second kappa shape index (κ2) is 11.8. The summed E-state index contributed by atoms with van der Waals surface area (Å²) in [5.74, 6) is -0.482. The van der Waals surface area contributed by atoms with Crippen molar-refractivity contribution >= 4 is 40.4 Å². The second-order valence-corrected chi connectivity index (χ2v) is 8.56. The zero-order valence-electron chi connectivity index (χ0n) is 20.7. The van der Waals surface area contributed by atoms with Gasteiger partial charge in [0.25, 0.3) is 0 Å². The molecule has 2 aromatic carbocycles. The van der Waals surface area contributed by atoms with Crippen molar-refractivity contribution < 1.29 is 22.7 Å².